The van der Waals surface area contributed by atoms with Crippen LogP contribution in [-0.4, -0.2) is 29.7 Å². The molecule has 0 spiro atoms. The third kappa shape index (κ3) is 3.56. The SMILES string of the molecule is C[C@@H](OC(=O)c1cccc(N2C(=O)[C@H]3CC=CC[C@@H]3C2=O)c1)C(=O)c1ccccc1. The summed E-state index contributed by atoms with van der Waals surface area (Å²) in [5, 5.41) is 0. The van der Waals surface area contributed by atoms with Gasteiger partial charge in [0.2, 0.25) is 17.6 Å². The molecule has 0 saturated carbocycles. The normalized spacial score (nSPS) is 21.3. The van der Waals surface area contributed by atoms with E-state index < -0.39 is 12.1 Å². The number of amides is 2. The Hall–Kier alpha value is -3.54. The Balaban J connectivity index is 1.51. The van der Waals surface area contributed by atoms with Crippen LogP contribution in [-0.2, 0) is 14.3 Å². The maximum Gasteiger partial charge on any atom is 0.338 e. The molecular formula is C24H21NO5. The molecule has 0 N–H and O–H groups in total. The zero-order valence-electron chi connectivity index (χ0n) is 16.5. The third-order valence-corrected chi connectivity index (χ3v) is 5.56. The smallest absolute Gasteiger partial charge is 0.338 e. The molecule has 1 fully saturated rings. The highest BCUT2D eigenvalue weighted by molar-refractivity contribution is 6.22. The zero-order chi connectivity index (χ0) is 21.3. The number of Topliss-reactive ketones (excluding diaryl/α,β-unsaturated/α-hetero) is 1. The van der Waals surface area contributed by atoms with Crippen LogP contribution in [0.5, 0.6) is 0 Å². The molecule has 2 aliphatic rings. The maximum atomic E-state index is 12.8. The van der Waals surface area contributed by atoms with Crippen molar-refractivity contribution in [2.24, 2.45) is 11.8 Å². The molecule has 0 unspecified atom stereocenters. The zero-order valence-corrected chi connectivity index (χ0v) is 16.5. The van der Waals surface area contributed by atoms with Gasteiger partial charge in [0.1, 0.15) is 0 Å². The molecule has 6 nitrogen and oxygen atoms in total. The van der Waals surface area contributed by atoms with E-state index in [0.717, 1.165) is 4.90 Å². The van der Waals surface area contributed by atoms with E-state index >= 15 is 0 Å². The standard InChI is InChI=1S/C24H21NO5/c1-15(21(26)16-8-3-2-4-9-16)30-24(29)17-10-7-11-18(14-17)25-22(27)19-12-5-6-13-20(19)23(25)28/h2-11,14-15,19-20H,12-13H2,1H3/t15-,19+,20+/m1/s1. The Morgan fingerprint density at radius 1 is 0.900 bits per heavy atom. The predicted molar refractivity (Wildman–Crippen MR) is 110 cm³/mol. The molecule has 2 amide bonds. The molecule has 30 heavy (non-hydrogen) atoms. The summed E-state index contributed by atoms with van der Waals surface area (Å²) in [5.41, 5.74) is 0.973. The Kier molecular flexibility index (Phi) is 5.31. The molecule has 2 aromatic rings. The Morgan fingerprint density at radius 2 is 1.50 bits per heavy atom. The number of hydrogen-bond acceptors (Lipinski definition) is 5. The average Bonchev–Trinajstić information content (AvgIpc) is 3.04. The fourth-order valence-corrected chi connectivity index (χ4v) is 3.95. The molecule has 1 aliphatic carbocycles. The van der Waals surface area contributed by atoms with Gasteiger partial charge < -0.3 is 4.74 Å². The minimum absolute atomic E-state index is 0.175. The molecule has 6 heteroatoms. The number of hydrogen-bond donors (Lipinski definition) is 0. The highest BCUT2D eigenvalue weighted by atomic mass is 16.5. The number of fused-ring (bicyclic) bond motifs is 1. The maximum absolute atomic E-state index is 12.8. The molecule has 1 heterocycles. The molecule has 4 rings (SSSR count). The minimum Gasteiger partial charge on any atom is -0.451 e. The van der Waals surface area contributed by atoms with Crippen molar-refractivity contribution in [1.29, 1.82) is 0 Å². The van der Waals surface area contributed by atoms with Gasteiger partial charge in [-0.15, -0.1) is 0 Å². The van der Waals surface area contributed by atoms with Gasteiger partial charge in [-0.25, -0.2) is 4.79 Å². The number of benzene rings is 2. The van der Waals surface area contributed by atoms with E-state index in [1.165, 1.54) is 19.1 Å². The van der Waals surface area contributed by atoms with Crippen LogP contribution >= 0.6 is 0 Å². The van der Waals surface area contributed by atoms with Crippen LogP contribution in [0.3, 0.4) is 0 Å². The lowest BCUT2D eigenvalue weighted by molar-refractivity contribution is -0.122. The molecular weight excluding hydrogens is 382 g/mol. The van der Waals surface area contributed by atoms with Gasteiger partial charge in [-0.2, -0.15) is 0 Å². The number of carbonyl (C=O) groups is 4. The van der Waals surface area contributed by atoms with Crippen molar-refractivity contribution >= 4 is 29.3 Å². The second-order valence-electron chi connectivity index (χ2n) is 7.50. The molecule has 1 aliphatic heterocycles. The molecule has 1 saturated heterocycles. The highest BCUT2D eigenvalue weighted by Gasteiger charge is 2.47. The Bertz CT molecular complexity index is 1020. The summed E-state index contributed by atoms with van der Waals surface area (Å²) in [6, 6.07) is 14.8. The Labute approximate surface area is 174 Å². The third-order valence-electron chi connectivity index (χ3n) is 5.56. The summed E-state index contributed by atoms with van der Waals surface area (Å²) >= 11 is 0. The van der Waals surface area contributed by atoms with E-state index in [1.54, 1.807) is 42.5 Å². The van der Waals surface area contributed by atoms with Crippen molar-refractivity contribution in [1.82, 2.24) is 0 Å². The van der Waals surface area contributed by atoms with Crippen LogP contribution in [0.25, 0.3) is 0 Å². The van der Waals surface area contributed by atoms with Crippen molar-refractivity contribution in [3.05, 3.63) is 77.9 Å². The second-order valence-corrected chi connectivity index (χ2v) is 7.50. The van der Waals surface area contributed by atoms with Crippen molar-refractivity contribution in [2.75, 3.05) is 4.90 Å². The molecule has 152 valence electrons. The highest BCUT2D eigenvalue weighted by Crippen LogP contribution is 2.37. The number of anilines is 1. The largest absolute Gasteiger partial charge is 0.451 e. The fraction of sp³-hybridized carbons (Fsp3) is 0.250. The van der Waals surface area contributed by atoms with E-state index in [0.29, 0.717) is 24.1 Å². The number of allylic oxidation sites excluding steroid dienone is 2. The van der Waals surface area contributed by atoms with E-state index in [4.69, 9.17) is 4.74 Å². The number of ether oxygens (including phenoxy) is 1. The van der Waals surface area contributed by atoms with E-state index in [1.807, 2.05) is 12.2 Å². The molecule has 0 aromatic heterocycles. The number of imide groups is 1. The van der Waals surface area contributed by atoms with Crippen molar-refractivity contribution in [2.45, 2.75) is 25.9 Å². The molecule has 2 aromatic carbocycles. The topological polar surface area (TPSA) is 80.8 Å². The van der Waals surface area contributed by atoms with Gasteiger partial charge in [-0.05, 0) is 38.0 Å². The lowest BCUT2D eigenvalue weighted by Crippen LogP contribution is -2.31. The average molecular weight is 403 g/mol. The molecule has 0 bridgehead atoms. The monoisotopic (exact) mass is 403 g/mol. The lowest BCUT2D eigenvalue weighted by atomic mass is 9.85. The van der Waals surface area contributed by atoms with Crippen LogP contribution in [0.15, 0.2) is 66.7 Å². The van der Waals surface area contributed by atoms with Gasteiger partial charge in [-0.3, -0.25) is 19.3 Å². The first kappa shape index (κ1) is 19.8. The van der Waals surface area contributed by atoms with E-state index in [2.05, 4.69) is 0 Å². The van der Waals surface area contributed by atoms with Crippen molar-refractivity contribution in [3.8, 4) is 0 Å². The summed E-state index contributed by atoms with van der Waals surface area (Å²) in [7, 11) is 0. The van der Waals surface area contributed by atoms with Crippen LogP contribution in [0.1, 0.15) is 40.5 Å². The van der Waals surface area contributed by atoms with Gasteiger partial charge in [0.15, 0.2) is 6.10 Å². The summed E-state index contributed by atoms with van der Waals surface area (Å²) in [6.45, 7) is 1.52. The first-order chi connectivity index (χ1) is 14.5. The predicted octanol–water partition coefficient (Wildman–Crippen LogP) is 3.57. The first-order valence-electron chi connectivity index (χ1n) is 9.90. The number of carbonyl (C=O) groups excluding carboxylic acids is 4. The van der Waals surface area contributed by atoms with E-state index in [-0.39, 0.29) is 35.0 Å². The van der Waals surface area contributed by atoms with Gasteiger partial charge in [-0.1, -0.05) is 48.6 Å². The minimum atomic E-state index is -0.965. The van der Waals surface area contributed by atoms with Crippen LogP contribution in [0, 0.1) is 11.8 Å². The second kappa shape index (κ2) is 8.06. The number of rotatable bonds is 5. The van der Waals surface area contributed by atoms with Gasteiger partial charge in [0.05, 0.1) is 23.1 Å². The van der Waals surface area contributed by atoms with Crippen LogP contribution in [0.2, 0.25) is 0 Å². The number of ketones is 1. The van der Waals surface area contributed by atoms with Crippen LogP contribution in [0.4, 0.5) is 5.69 Å². The number of nitrogens with zero attached hydrogens (tertiary/aromatic N) is 1. The first-order valence-corrected chi connectivity index (χ1v) is 9.90. The molecule has 3 atom stereocenters. The summed E-state index contributed by atoms with van der Waals surface area (Å²) < 4.78 is 5.33. The summed E-state index contributed by atoms with van der Waals surface area (Å²) in [5.74, 6) is -2.17. The van der Waals surface area contributed by atoms with Crippen molar-refractivity contribution in [3.63, 3.8) is 0 Å². The van der Waals surface area contributed by atoms with Crippen LogP contribution < -0.4 is 4.90 Å². The lowest BCUT2D eigenvalue weighted by Gasteiger charge is -2.16. The number of esters is 1. The van der Waals surface area contributed by atoms with Gasteiger partial charge in [0.25, 0.3) is 0 Å². The molecule has 0 radical (unpaired) electrons. The van der Waals surface area contributed by atoms with Gasteiger partial charge in [0, 0.05) is 5.56 Å². The van der Waals surface area contributed by atoms with E-state index in [9.17, 15) is 19.2 Å². The fourth-order valence-electron chi connectivity index (χ4n) is 3.95. The quantitative estimate of drug-likeness (QED) is 0.330. The van der Waals surface area contributed by atoms with Gasteiger partial charge >= 0.3 is 5.97 Å². The van der Waals surface area contributed by atoms with Crippen molar-refractivity contribution < 1.29 is 23.9 Å². The summed E-state index contributed by atoms with van der Waals surface area (Å²) in [6.07, 6.45) is 3.98. The summed E-state index contributed by atoms with van der Waals surface area (Å²) in [4.78, 5) is 51.7. The Morgan fingerprint density at radius 3 is 2.13 bits per heavy atom.